The van der Waals surface area contributed by atoms with Gasteiger partial charge in [0.05, 0.1) is 18.8 Å². The highest BCUT2D eigenvalue weighted by molar-refractivity contribution is 5.73. The summed E-state index contributed by atoms with van der Waals surface area (Å²) >= 11 is 0. The highest BCUT2D eigenvalue weighted by Gasteiger charge is 2.69. The van der Waals surface area contributed by atoms with Gasteiger partial charge < -0.3 is 40.1 Å². The molecule has 0 aromatic rings. The minimum absolute atomic E-state index is 0.0209. The predicted molar refractivity (Wildman–Crippen MR) is 167 cm³/mol. The van der Waals surface area contributed by atoms with Crippen LogP contribution in [0, 0.1) is 50.2 Å². The zero-order valence-corrected chi connectivity index (χ0v) is 28.3. The van der Waals surface area contributed by atoms with Gasteiger partial charge in [-0.15, -0.1) is 0 Å². The Kier molecular flexibility index (Phi) is 8.05. The molecule has 256 valence electrons. The summed E-state index contributed by atoms with van der Waals surface area (Å²) in [6.07, 6.45) is 1.81. The van der Waals surface area contributed by atoms with Crippen LogP contribution in [0.25, 0.3) is 0 Å². The molecule has 0 aromatic carbocycles. The molecule has 9 nitrogen and oxygen atoms in total. The summed E-state index contributed by atoms with van der Waals surface area (Å²) in [4.78, 5) is 11.7. The van der Waals surface area contributed by atoms with E-state index in [0.29, 0.717) is 18.3 Å². The van der Waals surface area contributed by atoms with Crippen molar-refractivity contribution in [2.75, 3.05) is 6.61 Å². The largest absolute Gasteiger partial charge is 0.479 e. The summed E-state index contributed by atoms with van der Waals surface area (Å²) in [5.41, 5.74) is 0.871. The molecule has 6 rings (SSSR count). The maximum absolute atomic E-state index is 11.7. The highest BCUT2D eigenvalue weighted by Crippen LogP contribution is 2.75. The first kappa shape index (κ1) is 33.8. The number of rotatable bonds is 4. The van der Waals surface area contributed by atoms with Crippen molar-refractivity contribution >= 4 is 5.97 Å². The lowest BCUT2D eigenvalue weighted by Gasteiger charge is -2.72. The maximum Gasteiger partial charge on any atom is 0.335 e. The van der Waals surface area contributed by atoms with Crippen molar-refractivity contribution in [1.82, 2.24) is 0 Å². The van der Waals surface area contributed by atoms with Gasteiger partial charge in [0, 0.05) is 10.8 Å². The molecular weight excluding hydrogens is 576 g/mol. The third-order valence-electron chi connectivity index (χ3n) is 15.3. The van der Waals surface area contributed by atoms with Gasteiger partial charge in [0.1, 0.15) is 18.3 Å². The number of aliphatic hydroxyl groups excluding tert-OH is 5. The van der Waals surface area contributed by atoms with Crippen LogP contribution in [0.1, 0.15) is 106 Å². The first-order chi connectivity index (χ1) is 20.8. The van der Waals surface area contributed by atoms with E-state index < -0.39 is 48.2 Å². The van der Waals surface area contributed by atoms with E-state index in [1.165, 1.54) is 0 Å². The highest BCUT2D eigenvalue weighted by atomic mass is 16.7. The van der Waals surface area contributed by atoms with E-state index in [1.807, 2.05) is 6.92 Å². The van der Waals surface area contributed by atoms with Crippen molar-refractivity contribution in [3.05, 3.63) is 11.6 Å². The Morgan fingerprint density at radius 2 is 1.56 bits per heavy atom. The minimum atomic E-state index is -1.78. The van der Waals surface area contributed by atoms with Gasteiger partial charge >= 0.3 is 5.97 Å². The number of hydrogen-bond donors (Lipinski definition) is 6. The predicted octanol–water partition coefficient (Wildman–Crippen LogP) is 4.03. The molecular formula is C36H58O9. The molecule has 1 heterocycles. The topological polar surface area (TPSA) is 157 Å². The van der Waals surface area contributed by atoms with E-state index in [2.05, 4.69) is 47.6 Å². The quantitative estimate of drug-likeness (QED) is 0.199. The molecule has 5 fully saturated rings. The van der Waals surface area contributed by atoms with Crippen LogP contribution in [0.2, 0.25) is 0 Å². The summed E-state index contributed by atoms with van der Waals surface area (Å²) in [6.45, 7) is 16.3. The van der Waals surface area contributed by atoms with Crippen molar-refractivity contribution < 1.29 is 44.9 Å². The number of carboxylic acid groups (broad SMARTS) is 1. The van der Waals surface area contributed by atoms with E-state index >= 15 is 0 Å². The van der Waals surface area contributed by atoms with Gasteiger partial charge in [-0.05, 0) is 97.2 Å². The minimum Gasteiger partial charge on any atom is -0.479 e. The number of carboxylic acids is 1. The average molecular weight is 635 g/mol. The van der Waals surface area contributed by atoms with E-state index in [-0.39, 0.29) is 45.7 Å². The zero-order valence-electron chi connectivity index (χ0n) is 28.3. The summed E-state index contributed by atoms with van der Waals surface area (Å²) in [5, 5.41) is 63.3. The van der Waals surface area contributed by atoms with Gasteiger partial charge in [-0.1, -0.05) is 60.1 Å². The first-order valence-electron chi connectivity index (χ1n) is 17.4. The molecule has 1 aliphatic heterocycles. The fourth-order valence-electron chi connectivity index (χ4n) is 12.2. The molecule has 0 amide bonds. The van der Waals surface area contributed by atoms with Crippen molar-refractivity contribution in [1.29, 1.82) is 0 Å². The molecule has 0 spiro atoms. The number of aliphatic hydroxyl groups is 5. The van der Waals surface area contributed by atoms with Gasteiger partial charge in [0.25, 0.3) is 0 Å². The number of ether oxygens (including phenoxy) is 2. The molecule has 5 aliphatic carbocycles. The van der Waals surface area contributed by atoms with E-state index in [0.717, 1.165) is 51.4 Å². The SMILES string of the molecule is CC1(C)C[C@@H](O)[C@]2(C)CC[C@]3(C)C(=CC[C@H]4[C@@]5(C)CC[C@H](O[C@@H]6O[C@H](C(=O)O)[C@@H](O)[C@H](O)[C@H]6O)[C@](C)(CO)[C@H]5CC[C@]43C)[C@H]2C1. The summed E-state index contributed by atoms with van der Waals surface area (Å²) in [7, 11) is 0. The Balaban J connectivity index is 1.30. The van der Waals surface area contributed by atoms with Gasteiger partial charge in [0.15, 0.2) is 12.4 Å². The Bertz CT molecular complexity index is 1220. The monoisotopic (exact) mass is 634 g/mol. The van der Waals surface area contributed by atoms with Crippen molar-refractivity contribution in [3.63, 3.8) is 0 Å². The fourth-order valence-corrected chi connectivity index (χ4v) is 12.2. The molecule has 0 bridgehead atoms. The van der Waals surface area contributed by atoms with Crippen LogP contribution in [0.5, 0.6) is 0 Å². The molecule has 15 atom stereocenters. The Labute approximate surface area is 268 Å². The standard InChI is InChI=1S/C36H58O9/c1-31(2)16-20-19-8-9-22-33(4)12-11-24(44-30-27(41)25(39)26(40)28(45-30)29(42)43)34(5,18-37)21(33)10-13-36(22,7)35(19,6)15-14-32(20,3)23(38)17-31/h8,20-28,30,37-41H,9-18H2,1-7H3,(H,42,43)/t20-,21+,22+,23-,24+,25+,26+,27-,28+,30-,32-,33+,34-,35-,36-/m1/s1. The lowest BCUT2D eigenvalue weighted by atomic mass is 9.33. The van der Waals surface area contributed by atoms with Crippen molar-refractivity contribution in [2.24, 2.45) is 50.2 Å². The van der Waals surface area contributed by atoms with Crippen LogP contribution < -0.4 is 0 Å². The molecule has 1 saturated heterocycles. The lowest BCUT2D eigenvalue weighted by Crippen LogP contribution is -2.67. The van der Waals surface area contributed by atoms with Crippen molar-refractivity contribution in [3.8, 4) is 0 Å². The number of fused-ring (bicyclic) bond motifs is 7. The smallest absolute Gasteiger partial charge is 0.335 e. The van der Waals surface area contributed by atoms with Crippen molar-refractivity contribution in [2.45, 2.75) is 149 Å². The number of hydrogen-bond acceptors (Lipinski definition) is 8. The third-order valence-corrected chi connectivity index (χ3v) is 15.3. The molecule has 0 unspecified atom stereocenters. The number of allylic oxidation sites excluding steroid dienone is 2. The van der Waals surface area contributed by atoms with Crippen LogP contribution in [0.3, 0.4) is 0 Å². The van der Waals surface area contributed by atoms with Crippen LogP contribution in [-0.2, 0) is 14.3 Å². The second kappa shape index (κ2) is 10.7. The zero-order chi connectivity index (χ0) is 33.1. The summed E-state index contributed by atoms with van der Waals surface area (Å²) in [6, 6.07) is 0. The van der Waals surface area contributed by atoms with E-state index in [9.17, 15) is 35.4 Å². The van der Waals surface area contributed by atoms with Crippen LogP contribution in [0.15, 0.2) is 11.6 Å². The molecule has 6 aliphatic rings. The van der Waals surface area contributed by atoms with Crippen LogP contribution in [0.4, 0.5) is 0 Å². The van der Waals surface area contributed by atoms with Crippen LogP contribution in [-0.4, -0.2) is 86.1 Å². The third kappa shape index (κ3) is 4.61. The Hall–Kier alpha value is -1.07. The van der Waals surface area contributed by atoms with Gasteiger partial charge in [-0.3, -0.25) is 0 Å². The second-order valence-corrected chi connectivity index (χ2v) is 18.0. The van der Waals surface area contributed by atoms with E-state index in [1.54, 1.807) is 5.57 Å². The van der Waals surface area contributed by atoms with Gasteiger partial charge in [-0.2, -0.15) is 0 Å². The van der Waals surface area contributed by atoms with Gasteiger partial charge in [0.2, 0.25) is 0 Å². The summed E-state index contributed by atoms with van der Waals surface area (Å²) < 4.78 is 11.8. The summed E-state index contributed by atoms with van der Waals surface area (Å²) in [5.74, 6) is -0.570. The normalized spacial score (nSPS) is 55.8. The fraction of sp³-hybridized carbons (Fsp3) is 0.917. The van der Waals surface area contributed by atoms with E-state index in [4.69, 9.17) is 9.47 Å². The average Bonchev–Trinajstić information content (AvgIpc) is 2.96. The number of carbonyl (C=O) groups is 1. The molecule has 4 saturated carbocycles. The maximum atomic E-state index is 11.7. The lowest BCUT2D eigenvalue weighted by molar-refractivity contribution is -0.327. The Morgan fingerprint density at radius 3 is 2.20 bits per heavy atom. The molecule has 6 N–H and O–H groups in total. The van der Waals surface area contributed by atoms with Crippen LogP contribution >= 0.6 is 0 Å². The molecule has 0 radical (unpaired) electrons. The second-order valence-electron chi connectivity index (χ2n) is 18.0. The molecule has 45 heavy (non-hydrogen) atoms. The number of aliphatic carboxylic acids is 1. The first-order valence-corrected chi connectivity index (χ1v) is 17.4. The Morgan fingerprint density at radius 1 is 0.867 bits per heavy atom. The molecule has 0 aromatic heterocycles. The van der Waals surface area contributed by atoms with Gasteiger partial charge in [-0.25, -0.2) is 4.79 Å². The molecule has 9 heteroatoms.